The molecule has 2 fully saturated rings. The van der Waals surface area contributed by atoms with Gasteiger partial charge in [-0.15, -0.1) is 0 Å². The van der Waals surface area contributed by atoms with Crippen LogP contribution in [0.2, 0.25) is 0 Å². The molecular formula is C13H17N5O. The van der Waals surface area contributed by atoms with Gasteiger partial charge in [0.1, 0.15) is 17.6 Å². The molecule has 4 rings (SSSR count). The second-order valence-electron chi connectivity index (χ2n) is 5.21. The fourth-order valence-electron chi connectivity index (χ4n) is 2.57. The zero-order chi connectivity index (χ0) is 12.8. The van der Waals surface area contributed by atoms with Crippen LogP contribution >= 0.6 is 0 Å². The Morgan fingerprint density at radius 1 is 1.37 bits per heavy atom. The maximum absolute atomic E-state index is 5.38. The highest BCUT2D eigenvalue weighted by Crippen LogP contribution is 2.26. The molecule has 2 aliphatic rings. The van der Waals surface area contributed by atoms with E-state index >= 15 is 0 Å². The van der Waals surface area contributed by atoms with E-state index in [9.17, 15) is 0 Å². The Morgan fingerprint density at radius 2 is 2.16 bits per heavy atom. The van der Waals surface area contributed by atoms with Gasteiger partial charge in [-0.25, -0.2) is 9.50 Å². The Kier molecular flexibility index (Phi) is 2.38. The van der Waals surface area contributed by atoms with Crippen molar-refractivity contribution >= 4 is 17.2 Å². The molecule has 100 valence electrons. The first-order valence-electron chi connectivity index (χ1n) is 6.82. The predicted molar refractivity (Wildman–Crippen MR) is 72.4 cm³/mol. The standard InChI is InChI=1S/C13H17N5O/c1-9-13(19-9)15-10-8-14-18-7-4-11(16-12(10)18)17-5-2-3-6-17/h4,7-9,13,15H,2-3,5-6H2,1H3. The van der Waals surface area contributed by atoms with E-state index < -0.39 is 0 Å². The summed E-state index contributed by atoms with van der Waals surface area (Å²) in [5.41, 5.74) is 1.81. The molecule has 0 aromatic carbocycles. The van der Waals surface area contributed by atoms with Crippen molar-refractivity contribution in [3.05, 3.63) is 18.5 Å². The third-order valence-corrected chi connectivity index (χ3v) is 3.79. The maximum atomic E-state index is 5.38. The van der Waals surface area contributed by atoms with Crippen LogP contribution < -0.4 is 10.2 Å². The summed E-state index contributed by atoms with van der Waals surface area (Å²) in [5.74, 6) is 1.04. The molecule has 2 aromatic rings. The molecule has 1 N–H and O–H groups in total. The van der Waals surface area contributed by atoms with E-state index in [1.807, 2.05) is 25.4 Å². The van der Waals surface area contributed by atoms with Crippen LogP contribution in [-0.4, -0.2) is 40.0 Å². The molecular weight excluding hydrogens is 242 g/mol. The van der Waals surface area contributed by atoms with Crippen LogP contribution in [0.25, 0.3) is 5.65 Å². The van der Waals surface area contributed by atoms with Gasteiger partial charge >= 0.3 is 0 Å². The first-order chi connectivity index (χ1) is 9.31. The van der Waals surface area contributed by atoms with Gasteiger partial charge in [0.05, 0.1) is 6.20 Å². The number of rotatable bonds is 3. The third kappa shape index (κ3) is 1.92. The van der Waals surface area contributed by atoms with Crippen LogP contribution in [-0.2, 0) is 4.74 Å². The molecule has 0 spiro atoms. The van der Waals surface area contributed by atoms with E-state index in [2.05, 4.69) is 15.3 Å². The fraction of sp³-hybridized carbons (Fsp3) is 0.538. The molecule has 0 radical (unpaired) electrons. The average Bonchev–Trinajstić information content (AvgIpc) is 2.89. The first-order valence-corrected chi connectivity index (χ1v) is 6.82. The molecule has 0 saturated carbocycles. The fourth-order valence-corrected chi connectivity index (χ4v) is 2.57. The number of anilines is 2. The van der Waals surface area contributed by atoms with Crippen LogP contribution in [0, 0.1) is 0 Å². The molecule has 6 nitrogen and oxygen atoms in total. The smallest absolute Gasteiger partial charge is 0.180 e. The number of nitrogens with one attached hydrogen (secondary N) is 1. The SMILES string of the molecule is CC1OC1Nc1cnn2ccc(N3CCCC3)nc12. The van der Waals surface area contributed by atoms with Crippen LogP contribution in [0.3, 0.4) is 0 Å². The molecule has 4 heterocycles. The minimum atomic E-state index is 0.102. The summed E-state index contributed by atoms with van der Waals surface area (Å²) in [7, 11) is 0. The van der Waals surface area contributed by atoms with Crippen LogP contribution in [0.5, 0.6) is 0 Å². The second kappa shape index (κ2) is 4.09. The van der Waals surface area contributed by atoms with Crippen molar-refractivity contribution in [3.8, 4) is 0 Å². The van der Waals surface area contributed by atoms with Crippen LogP contribution in [0.15, 0.2) is 18.5 Å². The summed E-state index contributed by atoms with van der Waals surface area (Å²) in [6.07, 6.45) is 6.67. The van der Waals surface area contributed by atoms with E-state index in [1.54, 1.807) is 4.52 Å². The number of hydrogen-bond acceptors (Lipinski definition) is 5. The molecule has 0 bridgehead atoms. The lowest BCUT2D eigenvalue weighted by Crippen LogP contribution is -2.19. The van der Waals surface area contributed by atoms with Gasteiger partial charge in [-0.05, 0) is 25.8 Å². The average molecular weight is 259 g/mol. The maximum Gasteiger partial charge on any atom is 0.180 e. The number of hydrogen-bond donors (Lipinski definition) is 1. The van der Waals surface area contributed by atoms with Crippen molar-refractivity contribution in [2.24, 2.45) is 0 Å². The molecule has 0 amide bonds. The number of ether oxygens (including phenoxy) is 1. The van der Waals surface area contributed by atoms with Gasteiger partial charge in [0.15, 0.2) is 11.9 Å². The quantitative estimate of drug-likeness (QED) is 0.846. The van der Waals surface area contributed by atoms with E-state index in [-0.39, 0.29) is 12.3 Å². The van der Waals surface area contributed by atoms with Gasteiger partial charge in [0.2, 0.25) is 0 Å². The lowest BCUT2D eigenvalue weighted by Gasteiger charge is -2.16. The zero-order valence-electron chi connectivity index (χ0n) is 10.9. The van der Waals surface area contributed by atoms with Crippen LogP contribution in [0.4, 0.5) is 11.5 Å². The van der Waals surface area contributed by atoms with Crippen molar-refractivity contribution in [2.75, 3.05) is 23.3 Å². The lowest BCUT2D eigenvalue weighted by atomic mass is 10.4. The molecule has 2 aliphatic heterocycles. The number of fused-ring (bicyclic) bond motifs is 1. The summed E-state index contributed by atoms with van der Waals surface area (Å²) >= 11 is 0. The molecule has 2 aromatic heterocycles. The van der Waals surface area contributed by atoms with Crippen molar-refractivity contribution in [3.63, 3.8) is 0 Å². The van der Waals surface area contributed by atoms with Crippen molar-refractivity contribution in [1.82, 2.24) is 14.6 Å². The topological polar surface area (TPSA) is 58.0 Å². The van der Waals surface area contributed by atoms with E-state index in [1.165, 1.54) is 12.8 Å². The molecule has 2 saturated heterocycles. The number of epoxide rings is 1. The Balaban J connectivity index is 1.67. The summed E-state index contributed by atoms with van der Waals surface area (Å²) in [6, 6.07) is 2.03. The lowest BCUT2D eigenvalue weighted by molar-refractivity contribution is 0.392. The summed E-state index contributed by atoms with van der Waals surface area (Å²) in [4.78, 5) is 7.06. The van der Waals surface area contributed by atoms with Gasteiger partial charge in [-0.2, -0.15) is 5.10 Å². The Labute approximate surface area is 111 Å². The summed E-state index contributed by atoms with van der Waals surface area (Å²) in [5, 5.41) is 7.63. The molecule has 0 aliphatic carbocycles. The Bertz CT molecular complexity index is 604. The minimum absolute atomic E-state index is 0.102. The van der Waals surface area contributed by atoms with E-state index in [0.29, 0.717) is 0 Å². The van der Waals surface area contributed by atoms with Crippen molar-refractivity contribution < 1.29 is 4.74 Å². The molecule has 2 atom stereocenters. The number of nitrogens with zero attached hydrogens (tertiary/aromatic N) is 4. The molecule has 6 heteroatoms. The summed E-state index contributed by atoms with van der Waals surface area (Å²) in [6.45, 7) is 4.25. The van der Waals surface area contributed by atoms with Gasteiger partial charge in [-0.3, -0.25) is 0 Å². The second-order valence-corrected chi connectivity index (χ2v) is 5.21. The summed E-state index contributed by atoms with van der Waals surface area (Å²) < 4.78 is 7.18. The van der Waals surface area contributed by atoms with Gasteiger partial charge in [-0.1, -0.05) is 0 Å². The van der Waals surface area contributed by atoms with E-state index in [4.69, 9.17) is 9.72 Å². The largest absolute Gasteiger partial charge is 0.356 e. The third-order valence-electron chi connectivity index (χ3n) is 3.79. The predicted octanol–water partition coefficient (Wildman–Crippen LogP) is 1.49. The molecule has 2 unspecified atom stereocenters. The zero-order valence-corrected chi connectivity index (χ0v) is 10.9. The Morgan fingerprint density at radius 3 is 2.89 bits per heavy atom. The normalized spacial score (nSPS) is 26.1. The highest BCUT2D eigenvalue weighted by Gasteiger charge is 2.34. The van der Waals surface area contributed by atoms with Gasteiger partial charge in [0.25, 0.3) is 0 Å². The van der Waals surface area contributed by atoms with Crippen LogP contribution in [0.1, 0.15) is 19.8 Å². The highest BCUT2D eigenvalue weighted by molar-refractivity contribution is 5.69. The van der Waals surface area contributed by atoms with Crippen molar-refractivity contribution in [1.29, 1.82) is 0 Å². The molecule has 19 heavy (non-hydrogen) atoms. The van der Waals surface area contributed by atoms with Gasteiger partial charge in [0, 0.05) is 19.3 Å². The monoisotopic (exact) mass is 259 g/mol. The highest BCUT2D eigenvalue weighted by atomic mass is 16.6. The van der Waals surface area contributed by atoms with Crippen molar-refractivity contribution in [2.45, 2.75) is 32.1 Å². The first kappa shape index (κ1) is 11.0. The van der Waals surface area contributed by atoms with Gasteiger partial charge < -0.3 is 15.0 Å². The number of aromatic nitrogens is 3. The van der Waals surface area contributed by atoms with E-state index in [0.717, 1.165) is 30.2 Å². The minimum Gasteiger partial charge on any atom is -0.356 e. The Hall–Kier alpha value is -1.82.